The Morgan fingerprint density at radius 2 is 1.64 bits per heavy atom. The van der Waals surface area contributed by atoms with Crippen molar-refractivity contribution in [3.63, 3.8) is 0 Å². The number of phenolic OH excluding ortho intramolecular Hbond substituents is 1. The van der Waals surface area contributed by atoms with E-state index >= 15 is 0 Å². The number of aliphatic carboxylic acids is 1. The molecule has 2 atom stereocenters. The molecule has 0 aliphatic heterocycles. The fraction of sp³-hybridized carbons (Fsp3) is 0.167. The van der Waals surface area contributed by atoms with Crippen molar-refractivity contribution in [3.8, 4) is 16.9 Å². The fourth-order valence-electron chi connectivity index (χ4n) is 4.10. The topological polar surface area (TPSA) is 144 Å². The van der Waals surface area contributed by atoms with Crippen LogP contribution in [0.5, 0.6) is 5.75 Å². The van der Waals surface area contributed by atoms with E-state index in [1.54, 1.807) is 0 Å². The van der Waals surface area contributed by atoms with Crippen molar-refractivity contribution in [1.29, 1.82) is 0 Å². The molecule has 0 saturated carbocycles. The third kappa shape index (κ3) is 4.65. The minimum Gasteiger partial charge on any atom is -0.595 e. The molecular formula is C24H22N2O7. The molecule has 0 saturated heterocycles. The maximum atomic E-state index is 12.4. The quantitative estimate of drug-likeness (QED) is 0.275. The molecule has 0 fully saturated rings. The van der Waals surface area contributed by atoms with E-state index in [-0.39, 0.29) is 24.6 Å². The summed E-state index contributed by atoms with van der Waals surface area (Å²) in [6, 6.07) is 18.1. The Morgan fingerprint density at radius 3 is 2.21 bits per heavy atom. The number of carboxylic acid groups (broad SMARTS) is 1. The Balaban J connectivity index is 1.43. The molecule has 3 aromatic carbocycles. The summed E-state index contributed by atoms with van der Waals surface area (Å²) in [5, 5.41) is 40.4. The van der Waals surface area contributed by atoms with Crippen LogP contribution in [0.15, 0.2) is 66.7 Å². The summed E-state index contributed by atoms with van der Waals surface area (Å²) in [6.07, 6.45) is -1.07. The lowest BCUT2D eigenvalue weighted by molar-refractivity contribution is -0.991. The normalized spacial score (nSPS) is 14.1. The van der Waals surface area contributed by atoms with E-state index in [1.807, 2.05) is 48.5 Å². The lowest BCUT2D eigenvalue weighted by atomic mass is 9.98. The first-order valence-corrected chi connectivity index (χ1v) is 10.2. The van der Waals surface area contributed by atoms with E-state index in [2.05, 4.69) is 5.32 Å². The molecule has 170 valence electrons. The lowest BCUT2D eigenvalue weighted by Crippen LogP contribution is -2.99. The van der Waals surface area contributed by atoms with Gasteiger partial charge in [-0.15, -0.1) is 0 Å². The average Bonchev–Trinajstić information content (AvgIpc) is 3.12. The number of benzene rings is 3. The van der Waals surface area contributed by atoms with Crippen molar-refractivity contribution in [2.24, 2.45) is 0 Å². The first kappa shape index (κ1) is 22.3. The van der Waals surface area contributed by atoms with Crippen molar-refractivity contribution in [2.75, 3.05) is 6.61 Å². The van der Waals surface area contributed by atoms with Crippen LogP contribution in [0.3, 0.4) is 0 Å². The van der Waals surface area contributed by atoms with Crippen LogP contribution in [0.2, 0.25) is 0 Å². The number of aromatic hydroxyl groups is 1. The molecule has 9 heteroatoms. The van der Waals surface area contributed by atoms with Crippen LogP contribution >= 0.6 is 0 Å². The molecule has 1 amide bonds. The van der Waals surface area contributed by atoms with Crippen LogP contribution in [0.4, 0.5) is 10.5 Å². The van der Waals surface area contributed by atoms with Crippen LogP contribution in [0, 0.1) is 5.21 Å². The number of hydrogen-bond donors (Lipinski definition) is 5. The highest BCUT2D eigenvalue weighted by Crippen LogP contribution is 2.44. The van der Waals surface area contributed by atoms with E-state index in [0.29, 0.717) is 5.56 Å². The Labute approximate surface area is 189 Å². The second-order valence-corrected chi connectivity index (χ2v) is 7.72. The lowest BCUT2D eigenvalue weighted by Gasteiger charge is -2.18. The van der Waals surface area contributed by atoms with Crippen molar-refractivity contribution < 1.29 is 35.0 Å². The predicted octanol–water partition coefficient (Wildman–Crippen LogP) is 2.33. The van der Waals surface area contributed by atoms with E-state index < -0.39 is 29.1 Å². The first-order valence-electron chi connectivity index (χ1n) is 10.2. The molecule has 1 aliphatic carbocycles. The monoisotopic (exact) mass is 450 g/mol. The van der Waals surface area contributed by atoms with Crippen LogP contribution < -0.4 is 10.5 Å². The number of ether oxygens (including phenoxy) is 1. The second kappa shape index (κ2) is 9.29. The summed E-state index contributed by atoms with van der Waals surface area (Å²) in [4.78, 5) is 24.1. The molecule has 0 spiro atoms. The Morgan fingerprint density at radius 1 is 1.03 bits per heavy atom. The summed E-state index contributed by atoms with van der Waals surface area (Å²) in [7, 11) is 0. The predicted molar refractivity (Wildman–Crippen MR) is 117 cm³/mol. The Kier molecular flexibility index (Phi) is 6.27. The van der Waals surface area contributed by atoms with Gasteiger partial charge < -0.3 is 25.5 Å². The smallest absolute Gasteiger partial charge is 0.407 e. The zero-order valence-electron chi connectivity index (χ0n) is 17.4. The highest BCUT2D eigenvalue weighted by molar-refractivity contribution is 5.81. The molecule has 3 aromatic rings. The third-order valence-corrected chi connectivity index (χ3v) is 5.67. The van der Waals surface area contributed by atoms with Crippen LogP contribution in [-0.2, 0) is 16.0 Å². The van der Waals surface area contributed by atoms with Crippen LogP contribution in [-0.4, -0.2) is 40.1 Å². The van der Waals surface area contributed by atoms with Gasteiger partial charge in [-0.1, -0.05) is 54.6 Å². The van der Waals surface area contributed by atoms with Gasteiger partial charge in [-0.3, -0.25) is 0 Å². The summed E-state index contributed by atoms with van der Waals surface area (Å²) in [5.74, 6) is -1.89. The maximum Gasteiger partial charge on any atom is 0.407 e. The number of carbonyl (C=O) groups excluding carboxylic acids is 1. The zero-order valence-corrected chi connectivity index (χ0v) is 17.4. The van der Waals surface area contributed by atoms with Gasteiger partial charge in [0.1, 0.15) is 12.6 Å². The Hall–Kier alpha value is -3.92. The van der Waals surface area contributed by atoms with Crippen LogP contribution in [0.1, 0.15) is 22.6 Å². The Bertz CT molecular complexity index is 1150. The van der Waals surface area contributed by atoms with E-state index in [9.17, 15) is 25.0 Å². The van der Waals surface area contributed by atoms with Gasteiger partial charge in [0.2, 0.25) is 5.69 Å². The van der Waals surface area contributed by atoms with Gasteiger partial charge in [0.25, 0.3) is 0 Å². The summed E-state index contributed by atoms with van der Waals surface area (Å²) < 4.78 is 5.39. The van der Waals surface area contributed by atoms with Gasteiger partial charge in [-0.2, -0.15) is 5.23 Å². The summed E-state index contributed by atoms with van der Waals surface area (Å²) in [5.41, 5.74) is 4.20. The molecule has 1 aliphatic rings. The van der Waals surface area contributed by atoms with Gasteiger partial charge in [-0.05, 0) is 33.9 Å². The third-order valence-electron chi connectivity index (χ3n) is 5.67. The average molecular weight is 450 g/mol. The summed E-state index contributed by atoms with van der Waals surface area (Å²) >= 11 is 0. The van der Waals surface area contributed by atoms with Crippen molar-refractivity contribution in [3.05, 3.63) is 88.6 Å². The molecule has 0 aromatic heterocycles. The minimum absolute atomic E-state index is 0.0363. The number of hydrogen-bond acceptors (Lipinski definition) is 6. The largest absolute Gasteiger partial charge is 0.595 e. The SMILES string of the molecule is O=C(N[C@@H](Cc1ccc(O)c([NH+]([O-])O)c1)C(=O)O)OCC1c2ccccc2-c2ccccc21. The number of fused-ring (bicyclic) bond motifs is 3. The van der Waals surface area contributed by atoms with Gasteiger partial charge in [0.05, 0.1) is 0 Å². The van der Waals surface area contributed by atoms with Gasteiger partial charge in [0, 0.05) is 18.4 Å². The summed E-state index contributed by atoms with van der Waals surface area (Å²) in [6.45, 7) is 0.0363. The number of alkyl carbamates (subject to hydrolysis) is 1. The number of quaternary nitrogens is 1. The molecule has 0 radical (unpaired) electrons. The van der Waals surface area contributed by atoms with Crippen molar-refractivity contribution >= 4 is 17.7 Å². The van der Waals surface area contributed by atoms with Gasteiger partial charge in [-0.25, -0.2) is 14.8 Å². The molecule has 0 bridgehead atoms. The highest BCUT2D eigenvalue weighted by atomic mass is 16.8. The van der Waals surface area contributed by atoms with E-state index in [0.717, 1.165) is 22.3 Å². The number of rotatable bonds is 7. The highest BCUT2D eigenvalue weighted by Gasteiger charge is 2.30. The number of carboxylic acids is 1. The van der Waals surface area contributed by atoms with Crippen molar-refractivity contribution in [1.82, 2.24) is 5.32 Å². The molecule has 5 N–H and O–H groups in total. The second-order valence-electron chi connectivity index (χ2n) is 7.72. The fourth-order valence-corrected chi connectivity index (χ4v) is 4.10. The molecule has 0 heterocycles. The number of phenols is 1. The minimum atomic E-state index is -1.34. The number of nitrogens with one attached hydrogen (secondary N) is 2. The number of amides is 1. The molecule has 9 nitrogen and oxygen atoms in total. The molecular weight excluding hydrogens is 428 g/mol. The molecule has 1 unspecified atom stereocenters. The van der Waals surface area contributed by atoms with Gasteiger partial charge >= 0.3 is 12.1 Å². The van der Waals surface area contributed by atoms with Crippen molar-refractivity contribution in [2.45, 2.75) is 18.4 Å². The molecule has 4 rings (SSSR count). The standard InChI is InChI=1S/C24H22N2O7/c27-22-10-9-14(12-21(22)26(31)32)11-20(23(28)29)25-24(30)33-13-19-17-7-3-1-5-15(17)16-6-2-4-8-18(16)19/h1-10,12,19-20,26-27,31H,11,13H2,(H,25,30)(H,28,29)/t20-/m0/s1. The van der Waals surface area contributed by atoms with Crippen LogP contribution in [0.25, 0.3) is 11.1 Å². The molecule has 33 heavy (non-hydrogen) atoms. The van der Waals surface area contributed by atoms with E-state index in [4.69, 9.17) is 9.94 Å². The maximum absolute atomic E-state index is 12.4. The van der Waals surface area contributed by atoms with E-state index in [1.165, 1.54) is 18.2 Å². The number of carbonyl (C=O) groups is 2. The van der Waals surface area contributed by atoms with Gasteiger partial charge in [0.15, 0.2) is 5.75 Å². The zero-order chi connectivity index (χ0) is 23.5. The first-order chi connectivity index (χ1) is 15.8.